The third kappa shape index (κ3) is 23.2. The fourth-order valence-electron chi connectivity index (χ4n) is 18.7. The van der Waals surface area contributed by atoms with E-state index >= 15 is 0 Å². The normalized spacial score (nSPS) is 12.2. The van der Waals surface area contributed by atoms with Gasteiger partial charge in [-0.1, -0.05) is 85.5 Å². The minimum Gasteiger partial charge on any atom is -0.477 e. The number of hydrogen-bond acceptors (Lipinski definition) is 16. The fraction of sp³-hybridized carbons (Fsp3) is 0.358. The first-order valence-corrected chi connectivity index (χ1v) is 48.6. The molecule has 11 heterocycles. The van der Waals surface area contributed by atoms with Gasteiger partial charge in [-0.15, -0.1) is 0 Å². The molecule has 0 aliphatic carbocycles. The van der Waals surface area contributed by atoms with Crippen molar-refractivity contribution in [1.82, 2.24) is 72.3 Å². The zero-order valence-electron chi connectivity index (χ0n) is 84.7. The molecule has 0 radical (unpaired) electrons. The Kier molecular flexibility index (Phi) is 34.6. The molecular formula is C109H129Cl2N15O16. The van der Waals surface area contributed by atoms with E-state index in [-0.39, 0.29) is 27.8 Å². The number of nitrogens with zero attached hydrogens (tertiary/aromatic N) is 10. The van der Waals surface area contributed by atoms with Crippen LogP contribution in [-0.4, -0.2) is 208 Å². The average molecular weight is 1980 g/mol. The Morgan fingerprint density at radius 3 is 0.768 bits per heavy atom. The van der Waals surface area contributed by atoms with Crippen LogP contribution in [0.15, 0.2) is 145 Å². The van der Waals surface area contributed by atoms with E-state index in [1.165, 1.54) is 53.1 Å². The summed E-state index contributed by atoms with van der Waals surface area (Å²) in [5.41, 5.74) is 21.8. The molecule has 0 amide bonds. The molecule has 1 saturated heterocycles. The predicted molar refractivity (Wildman–Crippen MR) is 565 cm³/mol. The van der Waals surface area contributed by atoms with Gasteiger partial charge in [0.2, 0.25) is 0 Å². The molecule has 0 atom stereocenters. The van der Waals surface area contributed by atoms with Gasteiger partial charge in [0.05, 0.1) is 51.7 Å². The number of fused-ring (bicyclic) bond motifs is 5. The molecule has 31 nitrogen and oxygen atoms in total. The maximum atomic E-state index is 12.3. The van der Waals surface area contributed by atoms with Gasteiger partial charge < -0.3 is 87.8 Å². The van der Waals surface area contributed by atoms with Crippen LogP contribution in [0.1, 0.15) is 187 Å². The first-order valence-electron chi connectivity index (χ1n) is 47.8. The Morgan fingerprint density at radius 2 is 0.535 bits per heavy atom. The van der Waals surface area contributed by atoms with Gasteiger partial charge in [-0.2, -0.15) is 0 Å². The van der Waals surface area contributed by atoms with Crippen LogP contribution in [-0.2, 0) is 105 Å². The van der Waals surface area contributed by atoms with Crippen molar-refractivity contribution in [2.24, 2.45) is 35.2 Å². The zero-order valence-corrected chi connectivity index (χ0v) is 86.2. The van der Waals surface area contributed by atoms with Gasteiger partial charge in [0.15, 0.2) is 0 Å². The van der Waals surface area contributed by atoms with E-state index in [0.29, 0.717) is 81.7 Å². The maximum absolute atomic E-state index is 12.3. The fourth-order valence-corrected chi connectivity index (χ4v) is 19.2. The Morgan fingerprint density at radius 1 is 0.317 bits per heavy atom. The van der Waals surface area contributed by atoms with Gasteiger partial charge in [0, 0.05) is 192 Å². The van der Waals surface area contributed by atoms with Crippen LogP contribution in [0.2, 0.25) is 10.0 Å². The average Bonchev–Trinajstić information content (AvgIpc) is 1.59. The van der Waals surface area contributed by atoms with Gasteiger partial charge in [-0.3, -0.25) is 38.7 Å². The summed E-state index contributed by atoms with van der Waals surface area (Å²) in [6.07, 6.45) is 3.03. The molecule has 0 bridgehead atoms. The number of nitrogens with one attached hydrogen (secondary N) is 5. The summed E-state index contributed by atoms with van der Waals surface area (Å²) in [4.78, 5) is 143. The van der Waals surface area contributed by atoms with Crippen molar-refractivity contribution < 1.29 is 54.2 Å². The molecular weight excluding hydrogens is 1850 g/mol. The van der Waals surface area contributed by atoms with Gasteiger partial charge in [0.1, 0.15) is 27.8 Å². The monoisotopic (exact) mass is 1970 g/mol. The highest BCUT2D eigenvalue weighted by molar-refractivity contribution is 6.34. The number of benzene rings is 5. The molecule has 16 rings (SSSR count). The third-order valence-corrected chi connectivity index (χ3v) is 27.6. The van der Waals surface area contributed by atoms with Crippen LogP contribution in [0.4, 0.5) is 0 Å². The van der Waals surface area contributed by atoms with Crippen LogP contribution < -0.4 is 27.8 Å². The Bertz CT molecular complexity index is 7330. The molecule has 750 valence electrons. The summed E-state index contributed by atoms with van der Waals surface area (Å²) >= 11 is 13.1. The van der Waals surface area contributed by atoms with E-state index in [0.717, 1.165) is 207 Å². The second-order valence-electron chi connectivity index (χ2n) is 36.6. The van der Waals surface area contributed by atoms with Crippen molar-refractivity contribution in [2.75, 3.05) is 80.7 Å². The predicted octanol–water partition coefficient (Wildman–Crippen LogP) is 17.8. The standard InChI is InChI=1S/C23H27N3O4.C23H29N3O3.C22H26ClN3O3.C21H25N3O3.C20H22ClN3O3/c1-4-15-11-19(23(28)29)22(27)24-21(15)18-12-16-10-17(13-26-5-7-30-8-6-26)25(3)20(16)9-14(18)2;1-6-15-11-19(23(28)29)22(27)24-21(15)18-12-16-10-17(13-26(7-2)8-3)25(5)20(16)9-14(18)4;1-5-13-9-17(22(28)29)21(27)24-20(13)16-10-14-8-15(12-26(6-2)7-3)25(4)19(14)11-18(16)23;1-6-13-9-17(21(26)27)20(25)22-19(13)16-10-14-8-15(11-23(3)4)24(5)18(14)7-12(16)2;1-5-11-7-15(20(26)27)19(25)22-18(11)14-8-12-6-13(10-23(2)3)24(4)17(12)9-16(14)21/h9-12H,4-8,13H2,1-3H3,(H,24,27)(H,28,29);9-12H,6-8,13H2,1-5H3,(H,24,27)(H,28,29);8-11H,5-7,12H2,1-4H3,(H,24,27)(H,28,29);7-10H,6,11H2,1-5H3,(H,22,25)(H,26,27);6-9H,5,10H2,1-4H3,(H,22,25)(H,26,27). The number of hydrogen-bond donors (Lipinski definition) is 10. The first-order chi connectivity index (χ1) is 67.4. The third-order valence-electron chi connectivity index (χ3n) is 26.9. The topological polar surface area (TPSA) is 401 Å². The summed E-state index contributed by atoms with van der Waals surface area (Å²) in [6.45, 7) is 35.9. The summed E-state index contributed by atoms with van der Waals surface area (Å²) < 4.78 is 16.3. The van der Waals surface area contributed by atoms with Crippen LogP contribution in [0.3, 0.4) is 0 Å². The molecule has 0 saturated carbocycles. The lowest BCUT2D eigenvalue weighted by molar-refractivity contribution is 0.0333. The molecule has 1 aliphatic heterocycles. The zero-order chi connectivity index (χ0) is 104. The number of pyridine rings is 5. The van der Waals surface area contributed by atoms with E-state index < -0.39 is 57.6 Å². The summed E-state index contributed by atoms with van der Waals surface area (Å²) in [7, 11) is 18.3. The lowest BCUT2D eigenvalue weighted by Crippen LogP contribution is -2.36. The molecule has 0 spiro atoms. The largest absolute Gasteiger partial charge is 0.477 e. The minimum absolute atomic E-state index is 0.217. The number of rotatable bonds is 29. The Balaban J connectivity index is 0.000000159. The van der Waals surface area contributed by atoms with E-state index in [1.54, 1.807) is 0 Å². The van der Waals surface area contributed by atoms with E-state index in [9.17, 15) is 73.5 Å². The molecule has 1 aliphatic rings. The van der Waals surface area contributed by atoms with Crippen molar-refractivity contribution in [3.8, 4) is 56.3 Å². The Hall–Kier alpha value is -13.8. The van der Waals surface area contributed by atoms with Crippen LogP contribution in [0, 0.1) is 20.8 Å². The number of carbonyl (C=O) groups is 5. The van der Waals surface area contributed by atoms with Crippen molar-refractivity contribution in [3.05, 3.63) is 284 Å². The van der Waals surface area contributed by atoms with Crippen LogP contribution >= 0.6 is 23.2 Å². The summed E-state index contributed by atoms with van der Waals surface area (Å²) in [6, 6.07) is 38.5. The number of aryl methyl sites for hydroxylation is 13. The molecule has 10 N–H and O–H groups in total. The lowest BCUT2D eigenvalue weighted by Gasteiger charge is -2.26. The lowest BCUT2D eigenvalue weighted by atomic mass is 9.97. The number of aromatic nitrogens is 10. The Labute approximate surface area is 833 Å². The van der Waals surface area contributed by atoms with E-state index in [4.69, 9.17) is 27.9 Å². The molecule has 33 heteroatoms. The highest BCUT2D eigenvalue weighted by Crippen LogP contribution is 2.40. The number of aromatic carboxylic acids is 5. The smallest absolute Gasteiger partial charge is 0.341 e. The van der Waals surface area contributed by atoms with Gasteiger partial charge in [-0.25, -0.2) is 24.0 Å². The summed E-state index contributed by atoms with van der Waals surface area (Å²) in [5.74, 6) is -6.10. The van der Waals surface area contributed by atoms with Crippen LogP contribution in [0.25, 0.3) is 111 Å². The summed E-state index contributed by atoms with van der Waals surface area (Å²) in [5, 5.41) is 52.6. The second-order valence-corrected chi connectivity index (χ2v) is 37.4. The number of H-pyrrole nitrogens is 5. The highest BCUT2D eigenvalue weighted by atomic mass is 35.5. The van der Waals surface area contributed by atoms with E-state index in [2.05, 4.69) is 188 Å². The number of carboxylic acids is 5. The molecule has 15 aromatic rings. The van der Waals surface area contributed by atoms with Gasteiger partial charge >= 0.3 is 29.8 Å². The maximum Gasteiger partial charge on any atom is 0.341 e. The van der Waals surface area contributed by atoms with Crippen molar-refractivity contribution in [1.29, 1.82) is 0 Å². The minimum atomic E-state index is -1.24. The molecule has 0 unspecified atom stereocenters. The van der Waals surface area contributed by atoms with Crippen molar-refractivity contribution in [2.45, 2.75) is 148 Å². The number of carboxylic acid groups (broad SMARTS) is 5. The second kappa shape index (κ2) is 45.9. The number of ether oxygens (including phenoxy) is 1. The molecule has 142 heavy (non-hydrogen) atoms. The van der Waals surface area contributed by atoms with Crippen LogP contribution in [0.5, 0.6) is 0 Å². The first kappa shape index (κ1) is 107. The van der Waals surface area contributed by atoms with E-state index in [1.807, 2.05) is 122 Å². The molecule has 10 aromatic heterocycles. The molecule has 1 fully saturated rings. The van der Waals surface area contributed by atoms with Crippen molar-refractivity contribution in [3.63, 3.8) is 0 Å². The van der Waals surface area contributed by atoms with Gasteiger partial charge in [-0.05, 0) is 273 Å². The number of aromatic amines is 5. The van der Waals surface area contributed by atoms with Gasteiger partial charge in [0.25, 0.3) is 27.8 Å². The number of halogens is 2. The molecule has 5 aromatic carbocycles. The SMILES string of the molecule is CCc1cc(C(=O)O)c(=O)[nH]c1-c1cc2cc(CN(C)C)n(C)c2cc1C.CCc1cc(C(=O)O)c(=O)[nH]c1-c1cc2cc(CN(C)C)n(C)c2cc1Cl.CCc1cc(C(=O)O)c(=O)[nH]c1-c1cc2cc(CN(CC)CC)n(C)c2cc1C.CCc1cc(C(=O)O)c(=O)[nH]c1-c1cc2cc(CN(CC)CC)n(C)c2cc1Cl.CCc1cc(C(=O)O)c(=O)[nH]c1-c1cc2cc(CN3CCOCC3)n(C)c2cc1C. The number of morpholine rings is 1. The highest BCUT2D eigenvalue weighted by Gasteiger charge is 2.27. The van der Waals surface area contributed by atoms with Crippen molar-refractivity contribution >= 4 is 108 Å². The quantitative estimate of drug-likeness (QED) is 0.0208.